The first-order valence-electron chi connectivity index (χ1n) is 9.88. The second kappa shape index (κ2) is 9.07. The summed E-state index contributed by atoms with van der Waals surface area (Å²) >= 11 is 0.919. The highest BCUT2D eigenvalue weighted by atomic mass is 32.2. The van der Waals surface area contributed by atoms with E-state index in [-0.39, 0.29) is 27.8 Å². The number of hydrogen-bond acceptors (Lipinski definition) is 5. The van der Waals surface area contributed by atoms with Crippen molar-refractivity contribution in [1.82, 2.24) is 9.80 Å². The molecule has 32 heavy (non-hydrogen) atoms. The number of hydrogen-bond donors (Lipinski definition) is 1. The number of nitrogens with two attached hydrogens (primary N) is 1. The molecule has 2 N–H and O–H groups in total. The van der Waals surface area contributed by atoms with Crippen molar-refractivity contribution in [2.75, 3.05) is 26.2 Å². The number of carbonyl (C=O) groups is 1. The van der Waals surface area contributed by atoms with Gasteiger partial charge < -0.3 is 4.90 Å². The molecule has 0 bridgehead atoms. The fraction of sp³-hybridized carbons (Fsp3) is 0.227. The molecule has 1 aliphatic heterocycles. The number of benzene rings is 2. The van der Waals surface area contributed by atoms with Crippen LogP contribution in [0.15, 0.2) is 64.2 Å². The Morgan fingerprint density at radius 2 is 1.41 bits per heavy atom. The summed E-state index contributed by atoms with van der Waals surface area (Å²) in [6.45, 7) is 1.94. The van der Waals surface area contributed by atoms with Crippen LogP contribution in [-0.4, -0.2) is 50.3 Å². The van der Waals surface area contributed by atoms with Crippen molar-refractivity contribution in [2.24, 2.45) is 5.14 Å². The van der Waals surface area contributed by atoms with E-state index < -0.39 is 10.0 Å². The lowest BCUT2D eigenvalue weighted by Gasteiger charge is -2.39. The molecule has 0 saturated carbocycles. The number of carbonyl (C=O) groups excluding carboxylic acids is 1. The molecule has 0 aliphatic carbocycles. The fourth-order valence-corrected chi connectivity index (χ4v) is 5.43. The molecule has 3 aromatic rings. The molecule has 1 amide bonds. The number of thiophene rings is 1. The lowest BCUT2D eigenvalue weighted by atomic mass is 9.96. The average Bonchev–Trinajstić information content (AvgIpc) is 3.28. The predicted octanol–water partition coefficient (Wildman–Crippen LogP) is 3.22. The summed E-state index contributed by atoms with van der Waals surface area (Å²) in [5.41, 5.74) is 2.03. The number of nitrogens with zero attached hydrogens (tertiary/aromatic N) is 2. The molecule has 10 heteroatoms. The van der Waals surface area contributed by atoms with Crippen LogP contribution in [0.1, 0.15) is 27.5 Å². The quantitative estimate of drug-likeness (QED) is 0.612. The van der Waals surface area contributed by atoms with Crippen LogP contribution in [0, 0.1) is 11.6 Å². The summed E-state index contributed by atoms with van der Waals surface area (Å²) in [6, 6.07) is 13.5. The molecule has 0 atom stereocenters. The third kappa shape index (κ3) is 4.88. The van der Waals surface area contributed by atoms with E-state index in [1.54, 1.807) is 29.2 Å². The fourth-order valence-electron chi connectivity index (χ4n) is 3.85. The molecule has 4 rings (SSSR count). The second-order valence-corrected chi connectivity index (χ2v) is 10.2. The standard InChI is InChI=1S/C22H21F2N3O3S2/c23-18-5-1-15(2-6-18)21(16-3-7-19(24)8-4-16)26-9-11-27(12-10-26)22(28)17-13-20(31-14-17)32(25,29)30/h1-8,13-14,21H,9-12H2,(H2,25,29,30). The molecule has 0 unspecified atom stereocenters. The molecule has 168 valence electrons. The summed E-state index contributed by atoms with van der Waals surface area (Å²) in [4.78, 5) is 16.7. The number of sulfonamides is 1. The van der Waals surface area contributed by atoms with Gasteiger partial charge >= 0.3 is 0 Å². The molecular weight excluding hydrogens is 456 g/mol. The van der Waals surface area contributed by atoms with Gasteiger partial charge in [-0.05, 0) is 41.5 Å². The highest BCUT2D eigenvalue weighted by Gasteiger charge is 2.29. The van der Waals surface area contributed by atoms with E-state index >= 15 is 0 Å². The maximum Gasteiger partial charge on any atom is 0.254 e. The van der Waals surface area contributed by atoms with Gasteiger partial charge in [0.05, 0.1) is 11.6 Å². The Balaban J connectivity index is 1.52. The van der Waals surface area contributed by atoms with Gasteiger partial charge in [0.25, 0.3) is 5.91 Å². The first-order chi connectivity index (χ1) is 15.2. The van der Waals surface area contributed by atoms with Crippen molar-refractivity contribution in [3.63, 3.8) is 0 Å². The molecular formula is C22H21F2N3O3S2. The number of primary sulfonamides is 1. The van der Waals surface area contributed by atoms with Crippen LogP contribution in [0.4, 0.5) is 8.78 Å². The van der Waals surface area contributed by atoms with Crippen LogP contribution in [-0.2, 0) is 10.0 Å². The van der Waals surface area contributed by atoms with Crippen LogP contribution in [0.3, 0.4) is 0 Å². The van der Waals surface area contributed by atoms with Gasteiger partial charge in [-0.3, -0.25) is 9.69 Å². The van der Waals surface area contributed by atoms with Gasteiger partial charge in [0, 0.05) is 31.6 Å². The zero-order valence-corrected chi connectivity index (χ0v) is 18.6. The van der Waals surface area contributed by atoms with Gasteiger partial charge in [-0.15, -0.1) is 11.3 Å². The smallest absolute Gasteiger partial charge is 0.254 e. The highest BCUT2D eigenvalue weighted by Crippen LogP contribution is 2.30. The number of rotatable bonds is 5. The van der Waals surface area contributed by atoms with Crippen LogP contribution in [0.25, 0.3) is 0 Å². The number of piperazine rings is 1. The molecule has 1 saturated heterocycles. The molecule has 1 aromatic heterocycles. The van der Waals surface area contributed by atoms with Crippen molar-refractivity contribution in [2.45, 2.75) is 10.3 Å². The SMILES string of the molecule is NS(=O)(=O)c1cc(C(=O)N2CCN(C(c3ccc(F)cc3)c3ccc(F)cc3)CC2)cs1. The summed E-state index contributed by atoms with van der Waals surface area (Å²) in [6.07, 6.45) is 0. The normalized spacial score (nSPS) is 15.3. The topological polar surface area (TPSA) is 83.7 Å². The van der Waals surface area contributed by atoms with Crippen molar-refractivity contribution in [1.29, 1.82) is 0 Å². The molecule has 1 fully saturated rings. The van der Waals surface area contributed by atoms with Crippen LogP contribution in [0.5, 0.6) is 0 Å². The summed E-state index contributed by atoms with van der Waals surface area (Å²) in [7, 11) is -3.85. The van der Waals surface area contributed by atoms with Gasteiger partial charge in [-0.25, -0.2) is 22.3 Å². The highest BCUT2D eigenvalue weighted by molar-refractivity contribution is 7.91. The Hall–Kier alpha value is -2.66. The Bertz CT molecular complexity index is 1160. The van der Waals surface area contributed by atoms with Crippen molar-refractivity contribution in [3.8, 4) is 0 Å². The lowest BCUT2D eigenvalue weighted by Crippen LogP contribution is -2.49. The maximum atomic E-state index is 13.5. The summed E-state index contributed by atoms with van der Waals surface area (Å²) < 4.78 is 49.9. The van der Waals surface area contributed by atoms with E-state index in [0.29, 0.717) is 31.7 Å². The van der Waals surface area contributed by atoms with E-state index in [1.807, 2.05) is 0 Å². The third-order valence-electron chi connectivity index (χ3n) is 5.44. The van der Waals surface area contributed by atoms with E-state index in [1.165, 1.54) is 35.7 Å². The molecule has 1 aliphatic rings. The average molecular weight is 478 g/mol. The Morgan fingerprint density at radius 1 is 0.906 bits per heavy atom. The monoisotopic (exact) mass is 477 g/mol. The Kier molecular flexibility index (Phi) is 6.38. The minimum absolute atomic E-state index is 0.0489. The van der Waals surface area contributed by atoms with E-state index in [4.69, 9.17) is 5.14 Å². The zero-order valence-electron chi connectivity index (χ0n) is 16.9. The van der Waals surface area contributed by atoms with Gasteiger partial charge in [0.1, 0.15) is 15.8 Å². The van der Waals surface area contributed by atoms with E-state index in [0.717, 1.165) is 22.5 Å². The number of halogens is 2. The molecule has 6 nitrogen and oxygen atoms in total. The minimum Gasteiger partial charge on any atom is -0.336 e. The zero-order chi connectivity index (χ0) is 22.9. The number of amides is 1. The van der Waals surface area contributed by atoms with Gasteiger partial charge in [0.15, 0.2) is 0 Å². The predicted molar refractivity (Wildman–Crippen MR) is 118 cm³/mol. The first-order valence-corrected chi connectivity index (χ1v) is 12.3. The van der Waals surface area contributed by atoms with Crippen molar-refractivity contribution in [3.05, 3.63) is 88.3 Å². The first kappa shape index (κ1) is 22.5. The Morgan fingerprint density at radius 3 is 1.84 bits per heavy atom. The summed E-state index contributed by atoms with van der Waals surface area (Å²) in [5, 5.41) is 6.63. The summed E-state index contributed by atoms with van der Waals surface area (Å²) in [5.74, 6) is -0.927. The largest absolute Gasteiger partial charge is 0.336 e. The van der Waals surface area contributed by atoms with E-state index in [2.05, 4.69) is 4.90 Å². The molecule has 2 heterocycles. The van der Waals surface area contributed by atoms with Gasteiger partial charge in [-0.1, -0.05) is 24.3 Å². The lowest BCUT2D eigenvalue weighted by molar-refractivity contribution is 0.0597. The van der Waals surface area contributed by atoms with Crippen molar-refractivity contribution < 1.29 is 22.0 Å². The molecule has 2 aromatic carbocycles. The van der Waals surface area contributed by atoms with Crippen LogP contribution < -0.4 is 5.14 Å². The maximum absolute atomic E-state index is 13.5. The van der Waals surface area contributed by atoms with Crippen LogP contribution >= 0.6 is 11.3 Å². The van der Waals surface area contributed by atoms with E-state index in [9.17, 15) is 22.0 Å². The molecule has 0 spiro atoms. The van der Waals surface area contributed by atoms with Crippen LogP contribution in [0.2, 0.25) is 0 Å². The second-order valence-electron chi connectivity index (χ2n) is 7.53. The molecule has 0 radical (unpaired) electrons. The minimum atomic E-state index is -3.85. The van der Waals surface area contributed by atoms with Crippen molar-refractivity contribution >= 4 is 27.3 Å². The Labute approximate surface area is 188 Å². The van der Waals surface area contributed by atoms with Gasteiger partial charge in [-0.2, -0.15) is 0 Å². The van der Waals surface area contributed by atoms with Gasteiger partial charge in [0.2, 0.25) is 10.0 Å². The third-order valence-corrected chi connectivity index (χ3v) is 7.83.